The Balaban J connectivity index is 1.40. The Morgan fingerprint density at radius 1 is 1.10 bits per heavy atom. The standard InChI is InChI=1S/C24H27N3O3/c1-16-4-7-18(8-5-16)20-14-21(26-25-20)19-10-11-27(15-19)24(28)13-17-6-9-22(29-2)23(12-17)30-3/h4-9,12,14,19H,10-11,13,15H2,1-3H3,(H,25,26)/t19-/m1/s1. The first kappa shape index (κ1) is 20.0. The molecular formula is C24H27N3O3. The number of benzene rings is 2. The lowest BCUT2D eigenvalue weighted by atomic mass is 10.0. The molecule has 2 aromatic carbocycles. The summed E-state index contributed by atoms with van der Waals surface area (Å²) in [7, 11) is 3.20. The van der Waals surface area contributed by atoms with Gasteiger partial charge in [0.1, 0.15) is 0 Å². The molecule has 1 aromatic heterocycles. The van der Waals surface area contributed by atoms with Crippen LogP contribution in [-0.2, 0) is 11.2 Å². The second-order valence-electron chi connectivity index (χ2n) is 7.77. The fraction of sp³-hybridized carbons (Fsp3) is 0.333. The Morgan fingerprint density at radius 2 is 1.87 bits per heavy atom. The number of ether oxygens (including phenoxy) is 2. The van der Waals surface area contributed by atoms with Crippen molar-refractivity contribution in [2.45, 2.75) is 25.7 Å². The molecule has 0 radical (unpaired) electrons. The monoisotopic (exact) mass is 405 g/mol. The van der Waals surface area contributed by atoms with Crippen molar-refractivity contribution in [3.63, 3.8) is 0 Å². The molecule has 6 nitrogen and oxygen atoms in total. The van der Waals surface area contributed by atoms with Gasteiger partial charge in [0.25, 0.3) is 0 Å². The van der Waals surface area contributed by atoms with Crippen molar-refractivity contribution in [2.75, 3.05) is 27.3 Å². The van der Waals surface area contributed by atoms with Crippen molar-refractivity contribution in [1.29, 1.82) is 0 Å². The molecule has 2 heterocycles. The summed E-state index contributed by atoms with van der Waals surface area (Å²) >= 11 is 0. The lowest BCUT2D eigenvalue weighted by molar-refractivity contribution is -0.129. The highest BCUT2D eigenvalue weighted by molar-refractivity contribution is 5.79. The first-order valence-electron chi connectivity index (χ1n) is 10.2. The minimum atomic E-state index is 0.128. The van der Waals surface area contributed by atoms with E-state index in [0.29, 0.717) is 24.5 Å². The highest BCUT2D eigenvalue weighted by Gasteiger charge is 2.28. The Bertz CT molecular complexity index is 1030. The third kappa shape index (κ3) is 4.17. The number of aromatic amines is 1. The van der Waals surface area contributed by atoms with Crippen molar-refractivity contribution < 1.29 is 14.3 Å². The highest BCUT2D eigenvalue weighted by Crippen LogP contribution is 2.30. The van der Waals surface area contributed by atoms with Gasteiger partial charge in [-0.2, -0.15) is 5.10 Å². The number of hydrogen-bond acceptors (Lipinski definition) is 4. The Hall–Kier alpha value is -3.28. The average Bonchev–Trinajstić information content (AvgIpc) is 3.44. The number of amides is 1. The van der Waals surface area contributed by atoms with E-state index in [9.17, 15) is 4.79 Å². The van der Waals surface area contributed by atoms with Crippen LogP contribution in [0.5, 0.6) is 11.5 Å². The third-order valence-electron chi connectivity index (χ3n) is 5.73. The zero-order valence-corrected chi connectivity index (χ0v) is 17.6. The second kappa shape index (κ2) is 8.61. The van der Waals surface area contributed by atoms with Gasteiger partial charge >= 0.3 is 0 Å². The quantitative estimate of drug-likeness (QED) is 0.674. The Kier molecular flexibility index (Phi) is 5.74. The fourth-order valence-corrected chi connectivity index (χ4v) is 3.94. The summed E-state index contributed by atoms with van der Waals surface area (Å²) in [6.45, 7) is 3.54. The van der Waals surface area contributed by atoms with Crippen LogP contribution in [-0.4, -0.2) is 48.3 Å². The Labute approximate surface area is 176 Å². The molecule has 1 saturated heterocycles. The molecule has 0 aliphatic carbocycles. The number of carbonyl (C=O) groups excluding carboxylic acids is 1. The number of nitrogens with zero attached hydrogens (tertiary/aromatic N) is 2. The zero-order valence-electron chi connectivity index (χ0n) is 17.6. The molecule has 0 bridgehead atoms. The van der Waals surface area contributed by atoms with E-state index in [0.717, 1.165) is 35.5 Å². The molecule has 1 fully saturated rings. The summed E-state index contributed by atoms with van der Waals surface area (Å²) in [6.07, 6.45) is 1.29. The molecular weight excluding hydrogens is 378 g/mol. The molecule has 0 spiro atoms. The van der Waals surface area contributed by atoms with Crippen LogP contribution >= 0.6 is 0 Å². The van der Waals surface area contributed by atoms with Crippen molar-refractivity contribution in [2.24, 2.45) is 0 Å². The number of H-pyrrole nitrogens is 1. The summed E-state index contributed by atoms with van der Waals surface area (Å²) in [5.74, 6) is 1.72. The summed E-state index contributed by atoms with van der Waals surface area (Å²) in [6, 6.07) is 16.1. The highest BCUT2D eigenvalue weighted by atomic mass is 16.5. The maximum Gasteiger partial charge on any atom is 0.227 e. The SMILES string of the molecule is COc1ccc(CC(=O)N2CC[C@@H](c3cc(-c4ccc(C)cc4)n[nH]3)C2)cc1OC. The van der Waals surface area contributed by atoms with Gasteiger partial charge in [0.05, 0.1) is 26.3 Å². The van der Waals surface area contributed by atoms with Gasteiger partial charge in [-0.3, -0.25) is 9.89 Å². The van der Waals surface area contributed by atoms with Crippen LogP contribution in [0.15, 0.2) is 48.5 Å². The van der Waals surface area contributed by atoms with E-state index in [1.165, 1.54) is 5.56 Å². The van der Waals surface area contributed by atoms with Crippen LogP contribution in [0.25, 0.3) is 11.3 Å². The van der Waals surface area contributed by atoms with E-state index < -0.39 is 0 Å². The maximum atomic E-state index is 12.8. The summed E-state index contributed by atoms with van der Waals surface area (Å²) in [5, 5.41) is 7.66. The fourth-order valence-electron chi connectivity index (χ4n) is 3.94. The van der Waals surface area contributed by atoms with E-state index in [-0.39, 0.29) is 11.8 Å². The maximum absolute atomic E-state index is 12.8. The zero-order chi connectivity index (χ0) is 21.1. The topological polar surface area (TPSA) is 67.5 Å². The van der Waals surface area contributed by atoms with E-state index >= 15 is 0 Å². The number of nitrogens with one attached hydrogen (secondary N) is 1. The number of methoxy groups -OCH3 is 2. The van der Waals surface area contributed by atoms with Crippen molar-refractivity contribution in [1.82, 2.24) is 15.1 Å². The molecule has 1 amide bonds. The predicted molar refractivity (Wildman–Crippen MR) is 116 cm³/mol. The molecule has 3 aromatic rings. The van der Waals surface area contributed by atoms with Gasteiger partial charge in [0.15, 0.2) is 11.5 Å². The molecule has 0 unspecified atom stereocenters. The average molecular weight is 405 g/mol. The number of aryl methyl sites for hydroxylation is 1. The predicted octanol–water partition coefficient (Wildman–Crippen LogP) is 3.96. The molecule has 156 valence electrons. The largest absolute Gasteiger partial charge is 0.493 e. The first-order chi connectivity index (χ1) is 14.6. The molecule has 1 aliphatic heterocycles. The number of rotatable bonds is 6. The van der Waals surface area contributed by atoms with Gasteiger partial charge in [0.2, 0.25) is 5.91 Å². The molecule has 4 rings (SSSR count). The van der Waals surface area contributed by atoms with Crippen LogP contribution < -0.4 is 9.47 Å². The Morgan fingerprint density at radius 3 is 2.60 bits per heavy atom. The minimum Gasteiger partial charge on any atom is -0.493 e. The molecule has 30 heavy (non-hydrogen) atoms. The van der Waals surface area contributed by atoms with Crippen molar-refractivity contribution in [3.8, 4) is 22.8 Å². The third-order valence-corrected chi connectivity index (χ3v) is 5.73. The van der Waals surface area contributed by atoms with Crippen molar-refractivity contribution in [3.05, 3.63) is 65.4 Å². The second-order valence-corrected chi connectivity index (χ2v) is 7.77. The molecule has 1 N–H and O–H groups in total. The summed E-state index contributed by atoms with van der Waals surface area (Å²) < 4.78 is 10.6. The van der Waals surface area contributed by atoms with Crippen LogP contribution in [0, 0.1) is 6.92 Å². The lowest BCUT2D eigenvalue weighted by Crippen LogP contribution is -2.29. The number of likely N-dealkylation sites (tertiary alicyclic amines) is 1. The number of carbonyl (C=O) groups is 1. The van der Waals surface area contributed by atoms with Gasteiger partial charge in [0, 0.05) is 30.3 Å². The molecule has 0 saturated carbocycles. The first-order valence-corrected chi connectivity index (χ1v) is 10.2. The van der Waals surface area contributed by atoms with E-state index in [2.05, 4.69) is 47.5 Å². The van der Waals surface area contributed by atoms with Crippen LogP contribution in [0.4, 0.5) is 0 Å². The van der Waals surface area contributed by atoms with E-state index in [1.807, 2.05) is 23.1 Å². The minimum absolute atomic E-state index is 0.128. The van der Waals surface area contributed by atoms with Crippen LogP contribution in [0.3, 0.4) is 0 Å². The number of aromatic nitrogens is 2. The van der Waals surface area contributed by atoms with Gasteiger partial charge < -0.3 is 14.4 Å². The van der Waals surface area contributed by atoms with Gasteiger partial charge in [-0.15, -0.1) is 0 Å². The van der Waals surface area contributed by atoms with Gasteiger partial charge in [-0.1, -0.05) is 35.9 Å². The van der Waals surface area contributed by atoms with E-state index in [1.54, 1.807) is 14.2 Å². The van der Waals surface area contributed by atoms with Gasteiger partial charge in [-0.25, -0.2) is 0 Å². The summed E-state index contributed by atoms with van der Waals surface area (Å²) in [5.41, 5.74) is 5.29. The molecule has 1 aliphatic rings. The smallest absolute Gasteiger partial charge is 0.227 e. The summed E-state index contributed by atoms with van der Waals surface area (Å²) in [4.78, 5) is 14.8. The molecule has 1 atom stereocenters. The number of hydrogen-bond donors (Lipinski definition) is 1. The van der Waals surface area contributed by atoms with Crippen LogP contribution in [0.2, 0.25) is 0 Å². The van der Waals surface area contributed by atoms with Gasteiger partial charge in [-0.05, 0) is 37.1 Å². The lowest BCUT2D eigenvalue weighted by Gasteiger charge is -2.17. The van der Waals surface area contributed by atoms with Crippen molar-refractivity contribution >= 4 is 5.91 Å². The normalized spacial score (nSPS) is 16.0. The van der Waals surface area contributed by atoms with Crippen LogP contribution in [0.1, 0.15) is 29.2 Å². The van der Waals surface area contributed by atoms with E-state index in [4.69, 9.17) is 9.47 Å². The molecule has 6 heteroatoms.